The predicted octanol–water partition coefficient (Wildman–Crippen LogP) is 3.38. The van der Waals surface area contributed by atoms with Gasteiger partial charge in [0.25, 0.3) is 0 Å². The summed E-state index contributed by atoms with van der Waals surface area (Å²) in [6, 6.07) is 7.98. The normalized spacial score (nSPS) is 14.4. The number of nitrogens with one attached hydrogen (secondary N) is 1. The molecule has 1 aromatic rings. The molecule has 1 N–H and O–H groups in total. The Morgan fingerprint density at radius 1 is 1.18 bits per heavy atom. The van der Waals surface area contributed by atoms with Crippen molar-refractivity contribution in [3.63, 3.8) is 0 Å². The molecule has 2 nitrogen and oxygen atoms in total. The molecule has 0 aliphatic heterocycles. The highest BCUT2D eigenvalue weighted by Crippen LogP contribution is 2.19. The maximum atomic E-state index is 12.1. The highest BCUT2D eigenvalue weighted by Gasteiger charge is 2.16. The molecule has 0 aliphatic carbocycles. The minimum atomic E-state index is -0.0653. The van der Waals surface area contributed by atoms with Crippen molar-refractivity contribution in [3.8, 4) is 0 Å². The second-order valence-electron chi connectivity index (χ2n) is 4.55. The molecule has 2 unspecified atom stereocenters. The van der Waals surface area contributed by atoms with E-state index in [0.29, 0.717) is 5.92 Å². The van der Waals surface area contributed by atoms with Crippen LogP contribution in [-0.2, 0) is 0 Å². The van der Waals surface area contributed by atoms with E-state index in [1.165, 1.54) is 5.56 Å². The first-order valence-electron chi connectivity index (χ1n) is 6.45. The lowest BCUT2D eigenvalue weighted by atomic mass is 9.95. The Kier molecular flexibility index (Phi) is 5.36. The van der Waals surface area contributed by atoms with Crippen LogP contribution in [0, 0.1) is 0 Å². The number of hydrogen-bond donors (Lipinski definition) is 1. The molecule has 0 saturated carbocycles. The molecular weight excluding hydrogens is 210 g/mol. The summed E-state index contributed by atoms with van der Waals surface area (Å²) in [6.45, 7) is 6.41. The van der Waals surface area contributed by atoms with Gasteiger partial charge in [0.15, 0.2) is 5.78 Å². The fourth-order valence-electron chi connectivity index (χ4n) is 1.93. The van der Waals surface area contributed by atoms with E-state index in [1.54, 1.807) is 0 Å². The van der Waals surface area contributed by atoms with E-state index in [-0.39, 0.29) is 11.8 Å². The average Bonchev–Trinajstić information content (AvgIpc) is 2.39. The zero-order valence-electron chi connectivity index (χ0n) is 11.3. The van der Waals surface area contributed by atoms with Crippen LogP contribution in [0.5, 0.6) is 0 Å². The maximum absolute atomic E-state index is 12.1. The van der Waals surface area contributed by atoms with Gasteiger partial charge in [-0.25, -0.2) is 0 Å². The van der Waals surface area contributed by atoms with Gasteiger partial charge in [-0.1, -0.05) is 45.0 Å². The summed E-state index contributed by atoms with van der Waals surface area (Å²) in [5.41, 5.74) is 2.11. The largest absolute Gasteiger partial charge is 0.310 e. The van der Waals surface area contributed by atoms with Gasteiger partial charge < -0.3 is 5.32 Å². The van der Waals surface area contributed by atoms with Crippen molar-refractivity contribution in [2.24, 2.45) is 0 Å². The van der Waals surface area contributed by atoms with E-state index in [1.807, 2.05) is 26.1 Å². The van der Waals surface area contributed by atoms with Crippen LogP contribution >= 0.6 is 0 Å². The maximum Gasteiger partial charge on any atom is 0.179 e. The number of likely N-dealkylation sites (N-methyl/N-ethyl adjacent to an activating group) is 1. The minimum absolute atomic E-state index is 0.0653. The van der Waals surface area contributed by atoms with Crippen molar-refractivity contribution in [2.45, 2.75) is 45.6 Å². The smallest absolute Gasteiger partial charge is 0.179 e. The molecular formula is C15H23NO. The monoisotopic (exact) mass is 233 g/mol. The second kappa shape index (κ2) is 6.55. The van der Waals surface area contributed by atoms with Gasteiger partial charge in [-0.2, -0.15) is 0 Å². The molecule has 0 saturated heterocycles. The number of rotatable bonds is 6. The van der Waals surface area contributed by atoms with Crippen LogP contribution in [0.15, 0.2) is 24.3 Å². The van der Waals surface area contributed by atoms with Crippen LogP contribution < -0.4 is 5.32 Å². The molecule has 0 radical (unpaired) electrons. The molecule has 2 atom stereocenters. The predicted molar refractivity (Wildman–Crippen MR) is 72.6 cm³/mol. The molecule has 1 rings (SSSR count). The lowest BCUT2D eigenvalue weighted by molar-refractivity contribution is 0.0945. The molecule has 94 valence electrons. The van der Waals surface area contributed by atoms with E-state index in [9.17, 15) is 4.79 Å². The van der Waals surface area contributed by atoms with Crippen molar-refractivity contribution in [1.29, 1.82) is 0 Å². The van der Waals surface area contributed by atoms with Crippen molar-refractivity contribution >= 4 is 5.78 Å². The van der Waals surface area contributed by atoms with Crippen LogP contribution in [0.25, 0.3) is 0 Å². The van der Waals surface area contributed by atoms with E-state index in [0.717, 1.165) is 18.4 Å². The lowest BCUT2D eigenvalue weighted by Gasteiger charge is -2.14. The lowest BCUT2D eigenvalue weighted by Crippen LogP contribution is -2.33. The summed E-state index contributed by atoms with van der Waals surface area (Å²) in [7, 11) is 1.83. The number of ketones is 1. The Hall–Kier alpha value is -1.15. The first-order valence-corrected chi connectivity index (χ1v) is 6.45. The summed E-state index contributed by atoms with van der Waals surface area (Å²) in [4.78, 5) is 12.1. The number of benzene rings is 1. The van der Waals surface area contributed by atoms with Gasteiger partial charge in [-0.15, -0.1) is 0 Å². The minimum Gasteiger partial charge on any atom is -0.310 e. The molecule has 0 bridgehead atoms. The topological polar surface area (TPSA) is 29.1 Å². The highest BCUT2D eigenvalue weighted by molar-refractivity contribution is 6.00. The first kappa shape index (κ1) is 13.9. The van der Waals surface area contributed by atoms with Gasteiger partial charge in [0.2, 0.25) is 0 Å². The van der Waals surface area contributed by atoms with E-state index in [2.05, 4.69) is 31.3 Å². The van der Waals surface area contributed by atoms with Crippen LogP contribution in [0.1, 0.15) is 55.5 Å². The number of Topliss-reactive ketones (excluding diaryl/α,β-unsaturated/α-hetero) is 1. The standard InChI is InChI=1S/C15H23NO/c1-5-11(3)12-7-9-13(10-8-12)15(17)14(6-2)16-4/h7-11,14,16H,5-6H2,1-4H3. The third-order valence-electron chi connectivity index (χ3n) is 3.45. The number of carbonyl (C=O) groups excluding carboxylic acids is 1. The summed E-state index contributed by atoms with van der Waals surface area (Å²) >= 11 is 0. The SMILES string of the molecule is CCC(NC)C(=O)c1ccc(C(C)CC)cc1. The van der Waals surface area contributed by atoms with Gasteiger partial charge >= 0.3 is 0 Å². The van der Waals surface area contributed by atoms with Crippen LogP contribution in [-0.4, -0.2) is 18.9 Å². The van der Waals surface area contributed by atoms with Crippen molar-refractivity contribution in [3.05, 3.63) is 35.4 Å². The number of hydrogen-bond acceptors (Lipinski definition) is 2. The molecule has 0 heterocycles. The van der Waals surface area contributed by atoms with Crippen molar-refractivity contribution in [2.75, 3.05) is 7.05 Å². The average molecular weight is 233 g/mol. The summed E-state index contributed by atoms with van der Waals surface area (Å²) in [6.07, 6.45) is 1.95. The van der Waals surface area contributed by atoms with E-state index in [4.69, 9.17) is 0 Å². The Morgan fingerprint density at radius 2 is 1.76 bits per heavy atom. The fourth-order valence-corrected chi connectivity index (χ4v) is 1.93. The Morgan fingerprint density at radius 3 is 2.18 bits per heavy atom. The van der Waals surface area contributed by atoms with Gasteiger partial charge in [0, 0.05) is 5.56 Å². The van der Waals surface area contributed by atoms with Crippen LogP contribution in [0.2, 0.25) is 0 Å². The summed E-state index contributed by atoms with van der Waals surface area (Å²) < 4.78 is 0. The van der Waals surface area contributed by atoms with Crippen molar-refractivity contribution < 1.29 is 4.79 Å². The quantitative estimate of drug-likeness (QED) is 0.763. The Labute approximate surface area is 104 Å². The Bertz CT molecular complexity index is 352. The zero-order chi connectivity index (χ0) is 12.8. The molecule has 0 fully saturated rings. The van der Waals surface area contributed by atoms with Crippen LogP contribution in [0.4, 0.5) is 0 Å². The van der Waals surface area contributed by atoms with Crippen LogP contribution in [0.3, 0.4) is 0 Å². The van der Waals surface area contributed by atoms with E-state index < -0.39 is 0 Å². The molecule has 0 amide bonds. The molecule has 2 heteroatoms. The zero-order valence-corrected chi connectivity index (χ0v) is 11.3. The van der Waals surface area contributed by atoms with Gasteiger partial charge in [-0.3, -0.25) is 4.79 Å². The summed E-state index contributed by atoms with van der Waals surface area (Å²) in [5, 5.41) is 3.05. The molecule has 0 spiro atoms. The molecule has 0 aromatic heterocycles. The van der Waals surface area contributed by atoms with Gasteiger partial charge in [0.05, 0.1) is 6.04 Å². The number of carbonyl (C=O) groups is 1. The third kappa shape index (κ3) is 3.40. The highest BCUT2D eigenvalue weighted by atomic mass is 16.1. The van der Waals surface area contributed by atoms with Crippen molar-refractivity contribution in [1.82, 2.24) is 5.32 Å². The summed E-state index contributed by atoms with van der Waals surface area (Å²) in [5.74, 6) is 0.746. The third-order valence-corrected chi connectivity index (χ3v) is 3.45. The second-order valence-corrected chi connectivity index (χ2v) is 4.55. The molecule has 1 aromatic carbocycles. The molecule has 17 heavy (non-hydrogen) atoms. The fraction of sp³-hybridized carbons (Fsp3) is 0.533. The van der Waals surface area contributed by atoms with E-state index >= 15 is 0 Å². The first-order chi connectivity index (χ1) is 8.13. The molecule has 0 aliphatic rings. The van der Waals surface area contributed by atoms with Gasteiger partial charge in [0.1, 0.15) is 0 Å². The van der Waals surface area contributed by atoms with Gasteiger partial charge in [-0.05, 0) is 31.4 Å². The Balaban J connectivity index is 2.83.